The summed E-state index contributed by atoms with van der Waals surface area (Å²) in [5, 5.41) is 8.33. The van der Waals surface area contributed by atoms with Gasteiger partial charge < -0.3 is 15.4 Å². The Morgan fingerprint density at radius 1 is 0.944 bits per heavy atom. The number of rotatable bonds is 5. The number of anilines is 1. The van der Waals surface area contributed by atoms with Gasteiger partial charge in [0.2, 0.25) is 0 Å². The smallest absolute Gasteiger partial charge is 0.256 e. The van der Waals surface area contributed by atoms with Crippen LogP contribution in [-0.2, 0) is 6.42 Å². The summed E-state index contributed by atoms with van der Waals surface area (Å²) >= 11 is 0. The van der Waals surface area contributed by atoms with Crippen molar-refractivity contribution in [3.8, 4) is 5.75 Å². The number of hydrogen-bond acceptors (Lipinski definition) is 4. The minimum Gasteiger partial charge on any atom is -0.497 e. The van der Waals surface area contributed by atoms with Crippen LogP contribution in [0.5, 0.6) is 5.75 Å². The van der Waals surface area contributed by atoms with Crippen LogP contribution in [0.3, 0.4) is 0 Å². The Bertz CT molecular complexity index is 1510. The number of allylic oxidation sites excluding steroid dienone is 1. The summed E-state index contributed by atoms with van der Waals surface area (Å²) < 4.78 is 5.41. The van der Waals surface area contributed by atoms with Crippen LogP contribution in [0.4, 0.5) is 5.69 Å². The highest BCUT2D eigenvalue weighted by Gasteiger charge is 2.28. The van der Waals surface area contributed by atoms with Gasteiger partial charge in [0.05, 0.1) is 7.11 Å². The average Bonchev–Trinajstić information content (AvgIpc) is 2.87. The van der Waals surface area contributed by atoms with E-state index in [9.17, 15) is 9.59 Å². The number of ketones is 1. The molecular weight excluding hydrogens is 448 g/mol. The second-order valence-electron chi connectivity index (χ2n) is 9.69. The highest BCUT2D eigenvalue weighted by Crippen LogP contribution is 2.32. The predicted octanol–water partition coefficient (Wildman–Crippen LogP) is 6.25. The van der Waals surface area contributed by atoms with Gasteiger partial charge in [-0.2, -0.15) is 0 Å². The molecule has 0 fully saturated rings. The van der Waals surface area contributed by atoms with Gasteiger partial charge in [-0.05, 0) is 66.9 Å². The molecule has 5 rings (SSSR count). The van der Waals surface area contributed by atoms with Crippen LogP contribution in [0.2, 0.25) is 0 Å². The molecule has 5 nitrogen and oxygen atoms in total. The fraction of sp³-hybridized carbons (Fsp3) is 0.161. The molecule has 1 amide bonds. The lowest BCUT2D eigenvalue weighted by molar-refractivity contribution is 0.102. The number of fused-ring (bicyclic) bond motifs is 2. The van der Waals surface area contributed by atoms with Gasteiger partial charge in [-0.15, -0.1) is 0 Å². The number of nitrogens with one attached hydrogen (secondary N) is 2. The molecule has 0 radical (unpaired) electrons. The molecule has 0 aromatic heterocycles. The maximum Gasteiger partial charge on any atom is 0.256 e. The molecule has 0 bridgehead atoms. The number of amides is 1. The highest BCUT2D eigenvalue weighted by atomic mass is 16.5. The SMILES string of the molecule is COc1ccc2c(c1)/C(=C/C(=O)c1cccc(NC(=O)c3cccc4ccccc34)c1)NC(C)(C)C2. The van der Waals surface area contributed by atoms with Crippen molar-refractivity contribution < 1.29 is 14.3 Å². The van der Waals surface area contributed by atoms with Crippen LogP contribution in [0.25, 0.3) is 16.5 Å². The van der Waals surface area contributed by atoms with Crippen molar-refractivity contribution >= 4 is 33.8 Å². The number of carbonyl (C=O) groups excluding carboxylic acids is 2. The summed E-state index contributed by atoms with van der Waals surface area (Å²) in [6, 6.07) is 26.4. The summed E-state index contributed by atoms with van der Waals surface area (Å²) in [7, 11) is 1.63. The van der Waals surface area contributed by atoms with Crippen molar-refractivity contribution in [2.45, 2.75) is 25.8 Å². The maximum absolute atomic E-state index is 13.3. The topological polar surface area (TPSA) is 67.4 Å². The van der Waals surface area contributed by atoms with Crippen molar-refractivity contribution in [2.75, 3.05) is 12.4 Å². The molecule has 180 valence electrons. The molecule has 5 heteroatoms. The number of hydrogen-bond donors (Lipinski definition) is 2. The fourth-order valence-electron chi connectivity index (χ4n) is 4.74. The molecule has 0 saturated carbocycles. The van der Waals surface area contributed by atoms with Crippen LogP contribution >= 0.6 is 0 Å². The lowest BCUT2D eigenvalue weighted by atomic mass is 9.85. The van der Waals surface area contributed by atoms with Crippen molar-refractivity contribution in [2.24, 2.45) is 0 Å². The minimum absolute atomic E-state index is 0.148. The van der Waals surface area contributed by atoms with E-state index in [2.05, 4.69) is 30.5 Å². The highest BCUT2D eigenvalue weighted by molar-refractivity contribution is 6.14. The van der Waals surface area contributed by atoms with Gasteiger partial charge in [0.25, 0.3) is 5.91 Å². The fourth-order valence-corrected chi connectivity index (χ4v) is 4.74. The zero-order chi connectivity index (χ0) is 25.3. The van der Waals surface area contributed by atoms with Crippen LogP contribution in [-0.4, -0.2) is 24.3 Å². The molecule has 0 saturated heterocycles. The summed E-state index contributed by atoms with van der Waals surface area (Å²) in [6.07, 6.45) is 2.47. The predicted molar refractivity (Wildman–Crippen MR) is 145 cm³/mol. The van der Waals surface area contributed by atoms with E-state index in [0.29, 0.717) is 16.8 Å². The Morgan fingerprint density at radius 3 is 2.56 bits per heavy atom. The van der Waals surface area contributed by atoms with E-state index in [0.717, 1.165) is 39.8 Å². The van der Waals surface area contributed by atoms with Crippen molar-refractivity contribution in [1.29, 1.82) is 0 Å². The molecule has 36 heavy (non-hydrogen) atoms. The van der Waals surface area contributed by atoms with Crippen LogP contribution in [0.15, 0.2) is 91.0 Å². The Kier molecular flexibility index (Phi) is 6.06. The summed E-state index contributed by atoms with van der Waals surface area (Å²) in [5.74, 6) is 0.378. The molecule has 2 N–H and O–H groups in total. The first-order chi connectivity index (χ1) is 17.3. The molecule has 4 aromatic carbocycles. The van der Waals surface area contributed by atoms with Gasteiger partial charge in [-0.1, -0.05) is 54.6 Å². The minimum atomic E-state index is -0.216. The molecule has 1 aliphatic rings. The van der Waals surface area contributed by atoms with E-state index >= 15 is 0 Å². The lowest BCUT2D eigenvalue weighted by Gasteiger charge is -2.35. The molecular formula is C31H28N2O3. The van der Waals surface area contributed by atoms with Gasteiger partial charge in [-0.3, -0.25) is 9.59 Å². The number of carbonyl (C=O) groups is 2. The first-order valence-electron chi connectivity index (χ1n) is 11.9. The van der Waals surface area contributed by atoms with Crippen LogP contribution < -0.4 is 15.4 Å². The number of ether oxygens (including phenoxy) is 1. The molecule has 0 aliphatic carbocycles. The average molecular weight is 477 g/mol. The maximum atomic E-state index is 13.3. The molecule has 1 heterocycles. The van der Waals surface area contributed by atoms with Crippen molar-refractivity contribution in [3.63, 3.8) is 0 Å². The molecule has 0 atom stereocenters. The molecule has 4 aromatic rings. The third kappa shape index (κ3) is 4.73. The monoisotopic (exact) mass is 476 g/mol. The second kappa shape index (κ2) is 9.34. The van der Waals surface area contributed by atoms with E-state index in [4.69, 9.17) is 4.74 Å². The third-order valence-corrected chi connectivity index (χ3v) is 6.43. The van der Waals surface area contributed by atoms with Crippen molar-refractivity contribution in [1.82, 2.24) is 5.32 Å². The van der Waals surface area contributed by atoms with Gasteiger partial charge in [0, 0.05) is 39.7 Å². The van der Waals surface area contributed by atoms with Gasteiger partial charge in [0.1, 0.15) is 5.75 Å². The van der Waals surface area contributed by atoms with E-state index in [1.807, 2.05) is 48.5 Å². The summed E-state index contributed by atoms with van der Waals surface area (Å²) in [4.78, 5) is 26.4. The van der Waals surface area contributed by atoms with E-state index in [-0.39, 0.29) is 17.2 Å². The Hall–Kier alpha value is -4.38. The van der Waals surface area contributed by atoms with Gasteiger partial charge in [0.15, 0.2) is 5.78 Å². The zero-order valence-electron chi connectivity index (χ0n) is 20.6. The summed E-state index contributed by atoms with van der Waals surface area (Å²) in [5.41, 5.74) is 4.34. The van der Waals surface area contributed by atoms with E-state index in [1.54, 1.807) is 43.5 Å². The zero-order valence-corrected chi connectivity index (χ0v) is 20.6. The standard InChI is InChI=1S/C31H28N2O3/c1-31(2)19-22-14-15-24(36-3)17-27(22)28(33-31)18-29(34)21-10-6-11-23(16-21)32-30(35)26-13-7-9-20-8-4-5-12-25(20)26/h4-18,33H,19H2,1-3H3,(H,32,35)/b28-18-. The van der Waals surface area contributed by atoms with Crippen LogP contribution in [0.1, 0.15) is 45.7 Å². The second-order valence-corrected chi connectivity index (χ2v) is 9.69. The van der Waals surface area contributed by atoms with Gasteiger partial charge in [-0.25, -0.2) is 0 Å². The summed E-state index contributed by atoms with van der Waals surface area (Å²) in [6.45, 7) is 4.23. The van der Waals surface area contributed by atoms with Crippen LogP contribution in [0, 0.1) is 0 Å². The van der Waals surface area contributed by atoms with Gasteiger partial charge >= 0.3 is 0 Å². The third-order valence-electron chi connectivity index (χ3n) is 6.43. The Labute approximate surface area is 210 Å². The Balaban J connectivity index is 1.43. The molecule has 0 spiro atoms. The first kappa shape index (κ1) is 23.4. The first-order valence-corrected chi connectivity index (χ1v) is 11.9. The van der Waals surface area contributed by atoms with Crippen molar-refractivity contribution in [3.05, 3.63) is 113 Å². The molecule has 1 aliphatic heterocycles. The Morgan fingerprint density at radius 2 is 1.72 bits per heavy atom. The lowest BCUT2D eigenvalue weighted by Crippen LogP contribution is -2.43. The molecule has 0 unspecified atom stereocenters. The van der Waals surface area contributed by atoms with E-state index < -0.39 is 0 Å². The van der Waals surface area contributed by atoms with E-state index in [1.165, 1.54) is 0 Å². The largest absolute Gasteiger partial charge is 0.497 e. The quantitative estimate of drug-likeness (QED) is 0.264. The number of benzene rings is 4. The normalized spacial score (nSPS) is 15.1. The number of methoxy groups -OCH3 is 1.